The van der Waals surface area contributed by atoms with Crippen LogP contribution in [0.2, 0.25) is 0 Å². The van der Waals surface area contributed by atoms with Gasteiger partial charge in [-0.1, -0.05) is 31.3 Å². The Labute approximate surface area is 126 Å². The van der Waals surface area contributed by atoms with Gasteiger partial charge in [-0.05, 0) is 37.8 Å². The first-order chi connectivity index (χ1) is 9.37. The lowest BCUT2D eigenvalue weighted by atomic mass is 10.1. The Morgan fingerprint density at radius 2 is 2.10 bits per heavy atom. The van der Waals surface area contributed by atoms with E-state index in [1.165, 1.54) is 0 Å². The molecule has 1 aliphatic rings. The Morgan fingerprint density at radius 1 is 1.45 bits per heavy atom. The van der Waals surface area contributed by atoms with Crippen LogP contribution in [-0.4, -0.2) is 30.3 Å². The second-order valence-electron chi connectivity index (χ2n) is 5.19. The molecular weight excluding hydrogens is 292 g/mol. The zero-order valence-corrected chi connectivity index (χ0v) is 13.4. The van der Waals surface area contributed by atoms with Crippen LogP contribution in [0.5, 0.6) is 0 Å². The van der Waals surface area contributed by atoms with E-state index in [0.717, 1.165) is 24.8 Å². The van der Waals surface area contributed by atoms with Crippen molar-refractivity contribution < 1.29 is 8.42 Å². The molecule has 110 valence electrons. The van der Waals surface area contributed by atoms with Crippen LogP contribution in [-0.2, 0) is 10.0 Å². The third-order valence-electron chi connectivity index (χ3n) is 3.46. The summed E-state index contributed by atoms with van der Waals surface area (Å²) in [5.41, 5.74) is 6.93. The van der Waals surface area contributed by atoms with Crippen molar-refractivity contribution in [3.05, 3.63) is 29.3 Å². The molecule has 1 saturated carbocycles. The minimum Gasteiger partial charge on any atom is -0.389 e. The van der Waals surface area contributed by atoms with E-state index in [0.29, 0.717) is 17.0 Å². The molecule has 0 atom stereocenters. The standard InChI is InChI=1S/C14H20N2O2S2/c1-3-8-16(12-6-7-12)20(17,18)13-9-11(14(15)19)5-4-10(13)2/h4-5,9,12H,3,6-8H2,1-2H3,(H2,15,19). The molecule has 0 amide bonds. The molecule has 2 N–H and O–H groups in total. The minimum atomic E-state index is -3.47. The average Bonchev–Trinajstić information content (AvgIpc) is 3.19. The van der Waals surface area contributed by atoms with Gasteiger partial charge in [0.05, 0.1) is 4.90 Å². The summed E-state index contributed by atoms with van der Waals surface area (Å²) in [7, 11) is -3.47. The zero-order chi connectivity index (χ0) is 14.9. The number of hydrogen-bond acceptors (Lipinski definition) is 3. The first-order valence-electron chi connectivity index (χ1n) is 6.80. The molecule has 0 aromatic heterocycles. The molecule has 4 nitrogen and oxygen atoms in total. The highest BCUT2D eigenvalue weighted by molar-refractivity contribution is 7.89. The van der Waals surface area contributed by atoms with Crippen LogP contribution in [0, 0.1) is 6.92 Å². The molecule has 0 unspecified atom stereocenters. The van der Waals surface area contributed by atoms with Gasteiger partial charge in [0, 0.05) is 18.2 Å². The maximum absolute atomic E-state index is 12.8. The molecule has 1 fully saturated rings. The van der Waals surface area contributed by atoms with Crippen LogP contribution in [0.4, 0.5) is 0 Å². The SMILES string of the molecule is CCCN(C1CC1)S(=O)(=O)c1cc(C(N)=S)ccc1C. The van der Waals surface area contributed by atoms with Gasteiger partial charge in [-0.25, -0.2) is 8.42 Å². The fourth-order valence-corrected chi connectivity index (χ4v) is 4.40. The van der Waals surface area contributed by atoms with Gasteiger partial charge in [-0.15, -0.1) is 0 Å². The smallest absolute Gasteiger partial charge is 0.243 e. The van der Waals surface area contributed by atoms with Gasteiger partial charge in [0.1, 0.15) is 4.99 Å². The van der Waals surface area contributed by atoms with Gasteiger partial charge in [-0.3, -0.25) is 0 Å². The van der Waals surface area contributed by atoms with Crippen molar-refractivity contribution >= 4 is 27.2 Å². The lowest BCUT2D eigenvalue weighted by Gasteiger charge is -2.22. The van der Waals surface area contributed by atoms with Crippen LogP contribution in [0.15, 0.2) is 23.1 Å². The van der Waals surface area contributed by atoms with E-state index in [2.05, 4.69) is 0 Å². The van der Waals surface area contributed by atoms with Gasteiger partial charge >= 0.3 is 0 Å². The van der Waals surface area contributed by atoms with Crippen LogP contribution < -0.4 is 5.73 Å². The summed E-state index contributed by atoms with van der Waals surface area (Å²) in [5, 5.41) is 0. The second kappa shape index (κ2) is 5.79. The summed E-state index contributed by atoms with van der Waals surface area (Å²) >= 11 is 4.94. The predicted molar refractivity (Wildman–Crippen MR) is 84.3 cm³/mol. The zero-order valence-electron chi connectivity index (χ0n) is 11.8. The molecule has 0 bridgehead atoms. The minimum absolute atomic E-state index is 0.160. The van der Waals surface area contributed by atoms with Gasteiger partial charge < -0.3 is 5.73 Å². The summed E-state index contributed by atoms with van der Waals surface area (Å²) in [5.74, 6) is 0. The van der Waals surface area contributed by atoms with E-state index in [4.69, 9.17) is 18.0 Å². The molecule has 0 radical (unpaired) electrons. The van der Waals surface area contributed by atoms with Crippen molar-refractivity contribution in [1.29, 1.82) is 0 Å². The Kier molecular flexibility index (Phi) is 4.46. The summed E-state index contributed by atoms with van der Waals surface area (Å²) in [6.45, 7) is 4.35. The van der Waals surface area contributed by atoms with Crippen LogP contribution in [0.25, 0.3) is 0 Å². The maximum Gasteiger partial charge on any atom is 0.243 e. The molecule has 6 heteroatoms. The van der Waals surface area contributed by atoms with Crippen molar-refractivity contribution in [1.82, 2.24) is 4.31 Å². The van der Waals surface area contributed by atoms with Crippen LogP contribution in [0.1, 0.15) is 37.3 Å². The summed E-state index contributed by atoms with van der Waals surface area (Å²) in [4.78, 5) is 0.540. The summed E-state index contributed by atoms with van der Waals surface area (Å²) in [6.07, 6.45) is 2.71. The van der Waals surface area contributed by atoms with Gasteiger partial charge in [0.25, 0.3) is 0 Å². The van der Waals surface area contributed by atoms with Crippen molar-refractivity contribution in [2.75, 3.05) is 6.54 Å². The van der Waals surface area contributed by atoms with E-state index in [-0.39, 0.29) is 11.0 Å². The number of aryl methyl sites for hydroxylation is 1. The molecule has 1 aliphatic carbocycles. The lowest BCUT2D eigenvalue weighted by molar-refractivity contribution is 0.403. The molecule has 1 aromatic rings. The number of rotatable bonds is 6. The van der Waals surface area contributed by atoms with Crippen LogP contribution >= 0.6 is 12.2 Å². The van der Waals surface area contributed by atoms with Gasteiger partial charge in [0.15, 0.2) is 0 Å². The highest BCUT2D eigenvalue weighted by atomic mass is 32.2. The fraction of sp³-hybridized carbons (Fsp3) is 0.500. The molecule has 0 heterocycles. The molecule has 0 aliphatic heterocycles. The van der Waals surface area contributed by atoms with E-state index in [1.54, 1.807) is 29.4 Å². The number of benzene rings is 1. The quantitative estimate of drug-likeness (QED) is 0.818. The Bertz CT molecular complexity index is 622. The normalized spacial score (nSPS) is 15.6. The van der Waals surface area contributed by atoms with Crippen LogP contribution in [0.3, 0.4) is 0 Å². The van der Waals surface area contributed by atoms with Crippen molar-refractivity contribution in [2.45, 2.75) is 44.0 Å². The summed E-state index contributed by atoms with van der Waals surface area (Å²) < 4.78 is 27.3. The fourth-order valence-electron chi connectivity index (χ4n) is 2.24. The molecule has 2 rings (SSSR count). The number of hydrogen-bond donors (Lipinski definition) is 1. The predicted octanol–water partition coefficient (Wildman–Crippen LogP) is 2.19. The highest BCUT2D eigenvalue weighted by Crippen LogP contribution is 2.33. The average molecular weight is 312 g/mol. The Balaban J connectivity index is 2.47. The number of nitrogens with two attached hydrogens (primary N) is 1. The van der Waals surface area contributed by atoms with E-state index in [9.17, 15) is 8.42 Å². The molecule has 20 heavy (non-hydrogen) atoms. The van der Waals surface area contributed by atoms with Crippen molar-refractivity contribution in [2.24, 2.45) is 5.73 Å². The third kappa shape index (κ3) is 3.02. The monoisotopic (exact) mass is 312 g/mol. The molecule has 0 spiro atoms. The first kappa shape index (κ1) is 15.4. The number of sulfonamides is 1. The largest absolute Gasteiger partial charge is 0.389 e. The second-order valence-corrected chi connectivity index (χ2v) is 7.49. The molecule has 1 aromatic carbocycles. The van der Waals surface area contributed by atoms with Gasteiger partial charge in [-0.2, -0.15) is 4.31 Å². The van der Waals surface area contributed by atoms with E-state index in [1.807, 2.05) is 6.92 Å². The maximum atomic E-state index is 12.8. The number of thiocarbonyl (C=S) groups is 1. The summed E-state index contributed by atoms with van der Waals surface area (Å²) in [6, 6.07) is 5.28. The Morgan fingerprint density at radius 3 is 2.60 bits per heavy atom. The highest BCUT2D eigenvalue weighted by Gasteiger charge is 2.38. The van der Waals surface area contributed by atoms with Crippen molar-refractivity contribution in [3.8, 4) is 0 Å². The topological polar surface area (TPSA) is 63.4 Å². The molecule has 0 saturated heterocycles. The molecular formula is C14H20N2O2S2. The number of nitrogens with zero attached hydrogens (tertiary/aromatic N) is 1. The third-order valence-corrected chi connectivity index (χ3v) is 5.79. The van der Waals surface area contributed by atoms with E-state index < -0.39 is 10.0 Å². The van der Waals surface area contributed by atoms with E-state index >= 15 is 0 Å². The Hall–Kier alpha value is -0.980. The first-order valence-corrected chi connectivity index (χ1v) is 8.65. The van der Waals surface area contributed by atoms with Gasteiger partial charge in [0.2, 0.25) is 10.0 Å². The van der Waals surface area contributed by atoms with Crippen molar-refractivity contribution in [3.63, 3.8) is 0 Å². The lowest BCUT2D eigenvalue weighted by Crippen LogP contribution is -2.34.